The minimum absolute atomic E-state index is 0.150. The summed E-state index contributed by atoms with van der Waals surface area (Å²) in [5, 5.41) is 6.31. The summed E-state index contributed by atoms with van der Waals surface area (Å²) in [4.78, 5) is 31.9. The SMILES string of the molecule is CCOC(=O)N1CCC(Nc2ccc(C(=O)NCCCN(C)C)nc2)CC1. The molecule has 0 radical (unpaired) electrons. The number of hydrogen-bond donors (Lipinski definition) is 2. The molecule has 2 rings (SSSR count). The Morgan fingerprint density at radius 1 is 1.30 bits per heavy atom. The first-order chi connectivity index (χ1) is 13.0. The van der Waals surface area contributed by atoms with Crippen LogP contribution in [-0.2, 0) is 4.74 Å². The Morgan fingerprint density at radius 2 is 2.04 bits per heavy atom. The molecule has 0 aliphatic carbocycles. The maximum Gasteiger partial charge on any atom is 0.409 e. The molecule has 1 aliphatic rings. The molecule has 1 aromatic rings. The van der Waals surface area contributed by atoms with E-state index in [1.807, 2.05) is 27.1 Å². The maximum absolute atomic E-state index is 12.1. The van der Waals surface area contributed by atoms with Crippen molar-refractivity contribution in [2.75, 3.05) is 52.2 Å². The summed E-state index contributed by atoms with van der Waals surface area (Å²) in [6.45, 7) is 5.14. The van der Waals surface area contributed by atoms with Crippen LogP contribution < -0.4 is 10.6 Å². The lowest BCUT2D eigenvalue weighted by atomic mass is 10.1. The van der Waals surface area contributed by atoms with E-state index in [0.29, 0.717) is 31.9 Å². The van der Waals surface area contributed by atoms with Gasteiger partial charge >= 0.3 is 6.09 Å². The van der Waals surface area contributed by atoms with Crippen molar-refractivity contribution in [1.29, 1.82) is 0 Å². The molecule has 2 amide bonds. The van der Waals surface area contributed by atoms with E-state index in [9.17, 15) is 9.59 Å². The van der Waals surface area contributed by atoms with Crippen molar-refractivity contribution >= 4 is 17.7 Å². The molecule has 2 heterocycles. The van der Waals surface area contributed by atoms with Crippen LogP contribution in [0.1, 0.15) is 36.7 Å². The highest BCUT2D eigenvalue weighted by Gasteiger charge is 2.23. The molecule has 0 spiro atoms. The van der Waals surface area contributed by atoms with E-state index in [1.54, 1.807) is 17.2 Å². The van der Waals surface area contributed by atoms with Crippen LogP contribution in [0.4, 0.5) is 10.5 Å². The molecule has 0 bridgehead atoms. The van der Waals surface area contributed by atoms with Gasteiger partial charge in [0.1, 0.15) is 5.69 Å². The summed E-state index contributed by atoms with van der Waals surface area (Å²) in [6.07, 6.45) is 4.06. The molecule has 2 N–H and O–H groups in total. The molecule has 1 aliphatic heterocycles. The first-order valence-corrected chi connectivity index (χ1v) is 9.56. The first kappa shape index (κ1) is 21.0. The number of nitrogens with one attached hydrogen (secondary N) is 2. The summed E-state index contributed by atoms with van der Waals surface area (Å²) in [7, 11) is 4.02. The monoisotopic (exact) mass is 377 g/mol. The number of ether oxygens (including phenoxy) is 1. The number of hydrogen-bond acceptors (Lipinski definition) is 6. The van der Waals surface area contributed by atoms with Gasteiger partial charge in [0.05, 0.1) is 18.5 Å². The fourth-order valence-electron chi connectivity index (χ4n) is 2.96. The second kappa shape index (κ2) is 10.7. The summed E-state index contributed by atoms with van der Waals surface area (Å²) in [5.74, 6) is -0.150. The van der Waals surface area contributed by atoms with Crippen molar-refractivity contribution in [3.8, 4) is 0 Å². The zero-order valence-electron chi connectivity index (χ0n) is 16.5. The highest BCUT2D eigenvalue weighted by atomic mass is 16.6. The van der Waals surface area contributed by atoms with Gasteiger partial charge in [-0.1, -0.05) is 0 Å². The molecule has 0 atom stereocenters. The molecule has 8 heteroatoms. The Kier molecular flexibility index (Phi) is 8.32. The zero-order valence-corrected chi connectivity index (χ0v) is 16.5. The van der Waals surface area contributed by atoms with Crippen molar-refractivity contribution in [2.45, 2.75) is 32.2 Å². The number of nitrogens with zero attached hydrogens (tertiary/aromatic N) is 3. The summed E-state index contributed by atoms with van der Waals surface area (Å²) in [6, 6.07) is 3.89. The van der Waals surface area contributed by atoms with E-state index in [4.69, 9.17) is 4.74 Å². The Bertz CT molecular complexity index is 598. The summed E-state index contributed by atoms with van der Waals surface area (Å²) >= 11 is 0. The molecule has 0 unspecified atom stereocenters. The van der Waals surface area contributed by atoms with E-state index in [1.165, 1.54) is 0 Å². The predicted molar refractivity (Wildman–Crippen MR) is 105 cm³/mol. The van der Waals surface area contributed by atoms with Gasteiger partial charge in [-0.15, -0.1) is 0 Å². The van der Waals surface area contributed by atoms with Crippen LogP contribution in [0.3, 0.4) is 0 Å². The van der Waals surface area contributed by atoms with Crippen molar-refractivity contribution in [3.63, 3.8) is 0 Å². The predicted octanol–water partition coefficient (Wildman–Crippen LogP) is 1.80. The number of piperidine rings is 1. The minimum Gasteiger partial charge on any atom is -0.450 e. The zero-order chi connectivity index (χ0) is 19.6. The Labute approximate surface area is 161 Å². The highest BCUT2D eigenvalue weighted by Crippen LogP contribution is 2.17. The molecular weight excluding hydrogens is 346 g/mol. The fraction of sp³-hybridized carbons (Fsp3) is 0.632. The van der Waals surface area contributed by atoms with Gasteiger partial charge in [-0.2, -0.15) is 0 Å². The van der Waals surface area contributed by atoms with Crippen molar-refractivity contribution < 1.29 is 14.3 Å². The third-order valence-electron chi connectivity index (χ3n) is 4.46. The second-order valence-electron chi connectivity index (χ2n) is 6.95. The average molecular weight is 377 g/mol. The number of anilines is 1. The fourth-order valence-corrected chi connectivity index (χ4v) is 2.96. The molecule has 150 valence electrons. The van der Waals surface area contributed by atoms with Gasteiger partial charge in [0.25, 0.3) is 5.91 Å². The van der Waals surface area contributed by atoms with Crippen molar-refractivity contribution in [2.24, 2.45) is 0 Å². The van der Waals surface area contributed by atoms with Crippen molar-refractivity contribution in [3.05, 3.63) is 24.0 Å². The van der Waals surface area contributed by atoms with E-state index in [-0.39, 0.29) is 18.0 Å². The number of carbonyl (C=O) groups excluding carboxylic acids is 2. The topological polar surface area (TPSA) is 86.8 Å². The molecular formula is C19H31N5O3. The number of likely N-dealkylation sites (tertiary alicyclic amines) is 1. The summed E-state index contributed by atoms with van der Waals surface area (Å²) < 4.78 is 5.03. The number of amides is 2. The molecule has 8 nitrogen and oxygen atoms in total. The lowest BCUT2D eigenvalue weighted by Gasteiger charge is -2.32. The van der Waals surface area contributed by atoms with Crippen LogP contribution in [0.15, 0.2) is 18.3 Å². The molecule has 0 saturated carbocycles. The van der Waals surface area contributed by atoms with Gasteiger partial charge in [-0.3, -0.25) is 4.79 Å². The van der Waals surface area contributed by atoms with Crippen molar-refractivity contribution in [1.82, 2.24) is 20.1 Å². The van der Waals surface area contributed by atoms with Gasteiger partial charge in [0.2, 0.25) is 0 Å². The van der Waals surface area contributed by atoms with Crippen LogP contribution in [-0.4, -0.2) is 79.7 Å². The van der Waals surface area contributed by atoms with Crippen LogP contribution >= 0.6 is 0 Å². The van der Waals surface area contributed by atoms with Gasteiger partial charge in [0, 0.05) is 25.7 Å². The van der Waals surface area contributed by atoms with Crippen LogP contribution in [0.25, 0.3) is 0 Å². The molecule has 1 aromatic heterocycles. The third-order valence-corrected chi connectivity index (χ3v) is 4.46. The van der Waals surface area contributed by atoms with Crippen LogP contribution in [0.5, 0.6) is 0 Å². The number of carbonyl (C=O) groups is 2. The largest absolute Gasteiger partial charge is 0.450 e. The lowest BCUT2D eigenvalue weighted by Crippen LogP contribution is -2.42. The minimum atomic E-state index is -0.237. The Balaban J connectivity index is 1.74. The summed E-state index contributed by atoms with van der Waals surface area (Å²) in [5.41, 5.74) is 1.30. The normalized spacial score (nSPS) is 14.9. The number of aromatic nitrogens is 1. The average Bonchev–Trinajstić information content (AvgIpc) is 2.66. The van der Waals surface area contributed by atoms with Crippen LogP contribution in [0, 0.1) is 0 Å². The first-order valence-electron chi connectivity index (χ1n) is 9.56. The smallest absolute Gasteiger partial charge is 0.409 e. The van der Waals surface area contributed by atoms with E-state index in [0.717, 1.165) is 31.5 Å². The highest BCUT2D eigenvalue weighted by molar-refractivity contribution is 5.92. The Morgan fingerprint density at radius 3 is 2.63 bits per heavy atom. The standard InChI is InChI=1S/C19H31N5O3/c1-4-27-19(26)24-12-8-15(9-13-24)22-16-6-7-17(21-14-16)18(25)20-10-5-11-23(2)3/h6-7,14-15,22H,4-5,8-13H2,1-3H3,(H,20,25). The van der Waals surface area contributed by atoms with Crippen LogP contribution in [0.2, 0.25) is 0 Å². The van der Waals surface area contributed by atoms with E-state index < -0.39 is 0 Å². The molecule has 0 aromatic carbocycles. The lowest BCUT2D eigenvalue weighted by molar-refractivity contribution is 0.0946. The quantitative estimate of drug-likeness (QED) is 0.672. The molecule has 27 heavy (non-hydrogen) atoms. The third kappa shape index (κ3) is 7.05. The van der Waals surface area contributed by atoms with Gasteiger partial charge in [-0.25, -0.2) is 9.78 Å². The molecule has 1 fully saturated rings. The Hall–Kier alpha value is -2.35. The van der Waals surface area contributed by atoms with E-state index in [2.05, 4.69) is 20.5 Å². The van der Waals surface area contributed by atoms with Gasteiger partial charge in [0.15, 0.2) is 0 Å². The van der Waals surface area contributed by atoms with Gasteiger partial charge < -0.3 is 25.2 Å². The molecule has 1 saturated heterocycles. The number of rotatable bonds is 8. The van der Waals surface area contributed by atoms with E-state index >= 15 is 0 Å². The second-order valence-corrected chi connectivity index (χ2v) is 6.95. The maximum atomic E-state index is 12.1. The number of pyridine rings is 1. The van der Waals surface area contributed by atoms with Gasteiger partial charge in [-0.05, 0) is 59.0 Å².